The number of nitrogens with zero attached hydrogens (tertiary/aromatic N) is 1. The lowest BCUT2D eigenvalue weighted by Gasteiger charge is -2.38. The SMILES string of the molecule is CC1CNCCN1C(C)COc1ccc(OOc2ccccc2)cc1. The molecule has 1 heterocycles. The summed E-state index contributed by atoms with van der Waals surface area (Å²) >= 11 is 0. The van der Waals surface area contributed by atoms with Crippen molar-refractivity contribution in [3.05, 3.63) is 54.6 Å². The molecule has 1 fully saturated rings. The third-order valence-corrected chi connectivity index (χ3v) is 4.41. The van der Waals surface area contributed by atoms with Crippen molar-refractivity contribution >= 4 is 0 Å². The fourth-order valence-electron chi connectivity index (χ4n) is 2.99. The molecule has 1 saturated heterocycles. The van der Waals surface area contributed by atoms with Gasteiger partial charge in [0.1, 0.15) is 12.4 Å². The molecule has 1 N–H and O–H groups in total. The lowest BCUT2D eigenvalue weighted by atomic mass is 10.1. The zero-order valence-electron chi connectivity index (χ0n) is 14.9. The summed E-state index contributed by atoms with van der Waals surface area (Å²) in [7, 11) is 0. The van der Waals surface area contributed by atoms with Gasteiger partial charge in [-0.2, -0.15) is 0 Å². The van der Waals surface area contributed by atoms with Gasteiger partial charge in [0.25, 0.3) is 0 Å². The summed E-state index contributed by atoms with van der Waals surface area (Å²) in [6, 6.07) is 17.8. The lowest BCUT2D eigenvalue weighted by Crippen LogP contribution is -2.54. The summed E-state index contributed by atoms with van der Waals surface area (Å²) in [5, 5.41) is 3.41. The van der Waals surface area contributed by atoms with Crippen LogP contribution in [0.25, 0.3) is 0 Å². The van der Waals surface area contributed by atoms with Crippen molar-refractivity contribution < 1.29 is 14.5 Å². The maximum Gasteiger partial charge on any atom is 0.178 e. The van der Waals surface area contributed by atoms with Crippen LogP contribution >= 0.6 is 0 Å². The van der Waals surface area contributed by atoms with E-state index in [4.69, 9.17) is 14.5 Å². The largest absolute Gasteiger partial charge is 0.492 e. The van der Waals surface area contributed by atoms with Crippen LogP contribution in [0.2, 0.25) is 0 Å². The number of benzene rings is 2. The van der Waals surface area contributed by atoms with Crippen molar-refractivity contribution in [2.24, 2.45) is 0 Å². The molecule has 1 aliphatic rings. The number of hydrogen-bond donors (Lipinski definition) is 1. The van der Waals surface area contributed by atoms with Gasteiger partial charge in [-0.05, 0) is 50.2 Å². The average Bonchev–Trinajstić information content (AvgIpc) is 2.66. The predicted octanol–water partition coefficient (Wildman–Crippen LogP) is 3.12. The first-order valence-electron chi connectivity index (χ1n) is 8.81. The van der Waals surface area contributed by atoms with Gasteiger partial charge in [0.2, 0.25) is 0 Å². The van der Waals surface area contributed by atoms with Crippen LogP contribution in [0.3, 0.4) is 0 Å². The van der Waals surface area contributed by atoms with Crippen LogP contribution in [-0.4, -0.2) is 43.2 Å². The second-order valence-electron chi connectivity index (χ2n) is 6.40. The molecule has 5 nitrogen and oxygen atoms in total. The normalized spacial score (nSPS) is 19.2. The highest BCUT2D eigenvalue weighted by molar-refractivity contribution is 5.31. The second kappa shape index (κ2) is 8.74. The highest BCUT2D eigenvalue weighted by Crippen LogP contribution is 2.20. The summed E-state index contributed by atoms with van der Waals surface area (Å²) in [5.41, 5.74) is 0. The quantitative estimate of drug-likeness (QED) is 0.619. The van der Waals surface area contributed by atoms with Crippen LogP contribution < -0.4 is 19.8 Å². The van der Waals surface area contributed by atoms with Crippen molar-refractivity contribution in [3.63, 3.8) is 0 Å². The number of piperazine rings is 1. The Morgan fingerprint density at radius 1 is 1.00 bits per heavy atom. The molecule has 2 aromatic rings. The Morgan fingerprint density at radius 3 is 2.32 bits per heavy atom. The van der Waals surface area contributed by atoms with E-state index in [-0.39, 0.29) is 0 Å². The van der Waals surface area contributed by atoms with Gasteiger partial charge in [0.05, 0.1) is 0 Å². The minimum atomic E-state index is 0.384. The van der Waals surface area contributed by atoms with E-state index in [1.807, 2.05) is 54.6 Å². The van der Waals surface area contributed by atoms with Gasteiger partial charge in [0.15, 0.2) is 11.5 Å². The minimum Gasteiger partial charge on any atom is -0.492 e. The van der Waals surface area contributed by atoms with Gasteiger partial charge in [-0.1, -0.05) is 18.2 Å². The van der Waals surface area contributed by atoms with Crippen LogP contribution in [0.5, 0.6) is 17.2 Å². The van der Waals surface area contributed by atoms with Crippen molar-refractivity contribution in [1.29, 1.82) is 0 Å². The summed E-state index contributed by atoms with van der Waals surface area (Å²) in [6.45, 7) is 8.29. The second-order valence-corrected chi connectivity index (χ2v) is 6.40. The maximum absolute atomic E-state index is 5.93. The van der Waals surface area contributed by atoms with E-state index in [1.54, 1.807) is 0 Å². The fourth-order valence-corrected chi connectivity index (χ4v) is 2.99. The number of para-hydroxylation sites is 1. The topological polar surface area (TPSA) is 43.0 Å². The summed E-state index contributed by atoms with van der Waals surface area (Å²) in [4.78, 5) is 13.1. The van der Waals surface area contributed by atoms with E-state index in [2.05, 4.69) is 24.1 Å². The number of hydrogen-bond acceptors (Lipinski definition) is 5. The molecule has 3 rings (SSSR count). The van der Waals surface area contributed by atoms with E-state index >= 15 is 0 Å². The Labute approximate surface area is 149 Å². The fraction of sp³-hybridized carbons (Fsp3) is 0.400. The number of ether oxygens (including phenoxy) is 1. The smallest absolute Gasteiger partial charge is 0.178 e. The molecule has 0 amide bonds. The molecule has 25 heavy (non-hydrogen) atoms. The van der Waals surface area contributed by atoms with Gasteiger partial charge < -0.3 is 10.1 Å². The van der Waals surface area contributed by atoms with Gasteiger partial charge in [-0.3, -0.25) is 14.7 Å². The Morgan fingerprint density at radius 2 is 1.64 bits per heavy atom. The lowest BCUT2D eigenvalue weighted by molar-refractivity contribution is -0.0999. The molecule has 0 aromatic heterocycles. The third-order valence-electron chi connectivity index (χ3n) is 4.41. The zero-order valence-corrected chi connectivity index (χ0v) is 14.9. The summed E-state index contributed by atoms with van der Waals surface area (Å²) < 4.78 is 5.93. The molecule has 0 bridgehead atoms. The maximum atomic E-state index is 5.93. The van der Waals surface area contributed by atoms with Crippen LogP contribution in [0.4, 0.5) is 0 Å². The predicted molar refractivity (Wildman–Crippen MR) is 98.1 cm³/mol. The molecular formula is C20H26N2O3. The molecule has 0 radical (unpaired) electrons. The molecule has 5 heteroatoms. The van der Waals surface area contributed by atoms with E-state index in [0.29, 0.717) is 30.2 Å². The Bertz CT molecular complexity index is 633. The highest BCUT2D eigenvalue weighted by Gasteiger charge is 2.23. The Hall–Kier alpha value is -2.24. The Balaban J connectivity index is 1.45. The van der Waals surface area contributed by atoms with E-state index < -0.39 is 0 Å². The van der Waals surface area contributed by atoms with Gasteiger partial charge >= 0.3 is 0 Å². The first-order valence-corrected chi connectivity index (χ1v) is 8.81. The number of nitrogens with one attached hydrogen (secondary N) is 1. The van der Waals surface area contributed by atoms with Crippen molar-refractivity contribution in [2.45, 2.75) is 25.9 Å². The van der Waals surface area contributed by atoms with E-state index in [9.17, 15) is 0 Å². The molecule has 0 saturated carbocycles. The van der Waals surface area contributed by atoms with Gasteiger partial charge in [-0.15, -0.1) is 0 Å². The van der Waals surface area contributed by atoms with Crippen molar-refractivity contribution in [2.75, 3.05) is 26.2 Å². The first kappa shape index (κ1) is 17.6. The summed E-state index contributed by atoms with van der Waals surface area (Å²) in [5.74, 6) is 2.14. The standard InChI is InChI=1S/C20H26N2O3/c1-16-14-21-12-13-22(16)17(2)15-23-18-8-10-20(11-9-18)25-24-19-6-4-3-5-7-19/h3-11,16-17,21H,12-15H2,1-2H3. The number of rotatable bonds is 7. The summed E-state index contributed by atoms with van der Waals surface area (Å²) in [6.07, 6.45) is 0. The van der Waals surface area contributed by atoms with Crippen LogP contribution in [0.15, 0.2) is 54.6 Å². The molecule has 134 valence electrons. The average molecular weight is 342 g/mol. The molecular weight excluding hydrogens is 316 g/mol. The van der Waals surface area contributed by atoms with Crippen molar-refractivity contribution in [3.8, 4) is 17.2 Å². The molecule has 0 aliphatic carbocycles. The molecule has 2 unspecified atom stereocenters. The molecule has 2 aromatic carbocycles. The molecule has 0 spiro atoms. The van der Waals surface area contributed by atoms with E-state index in [1.165, 1.54) is 0 Å². The van der Waals surface area contributed by atoms with Gasteiger partial charge in [0, 0.05) is 31.7 Å². The minimum absolute atomic E-state index is 0.384. The van der Waals surface area contributed by atoms with Gasteiger partial charge in [-0.25, -0.2) is 0 Å². The third kappa shape index (κ3) is 5.11. The zero-order chi connectivity index (χ0) is 17.5. The van der Waals surface area contributed by atoms with Crippen LogP contribution in [-0.2, 0) is 0 Å². The van der Waals surface area contributed by atoms with Crippen LogP contribution in [0.1, 0.15) is 13.8 Å². The monoisotopic (exact) mass is 342 g/mol. The van der Waals surface area contributed by atoms with Crippen LogP contribution in [0, 0.1) is 0 Å². The molecule has 2 atom stereocenters. The van der Waals surface area contributed by atoms with E-state index in [0.717, 1.165) is 25.4 Å². The van der Waals surface area contributed by atoms with Crippen molar-refractivity contribution in [1.82, 2.24) is 10.2 Å². The first-order chi connectivity index (χ1) is 12.2. The Kier molecular flexibility index (Phi) is 6.14. The molecule has 1 aliphatic heterocycles. The highest BCUT2D eigenvalue weighted by atomic mass is 17.2.